The molecule has 0 saturated carbocycles. The van der Waals surface area contributed by atoms with E-state index in [0.717, 1.165) is 12.8 Å². The molecule has 1 aromatic rings. The van der Waals surface area contributed by atoms with Crippen molar-refractivity contribution in [1.82, 2.24) is 5.32 Å². The van der Waals surface area contributed by atoms with Gasteiger partial charge in [0, 0.05) is 29.8 Å². The molecule has 96 valence electrons. The first-order valence-corrected chi connectivity index (χ1v) is 6.06. The zero-order valence-corrected chi connectivity index (χ0v) is 10.4. The zero-order valence-electron chi connectivity index (χ0n) is 9.63. The van der Waals surface area contributed by atoms with Crippen molar-refractivity contribution in [3.63, 3.8) is 0 Å². The van der Waals surface area contributed by atoms with Gasteiger partial charge in [-0.25, -0.2) is 4.39 Å². The molecule has 1 rings (SSSR count). The van der Waals surface area contributed by atoms with E-state index >= 15 is 0 Å². The largest absolute Gasteiger partial charge is 0.396 e. The monoisotopic (exact) mass is 260 g/mol. The summed E-state index contributed by atoms with van der Waals surface area (Å²) in [6, 6.07) is 4.31. The van der Waals surface area contributed by atoms with E-state index in [-0.39, 0.29) is 25.0 Å². The molecule has 0 heterocycles. The second-order valence-corrected chi connectivity index (χ2v) is 4.22. The van der Waals surface area contributed by atoms with Gasteiger partial charge >= 0.3 is 0 Å². The minimum absolute atomic E-state index is 0.162. The SMILES string of the molecule is NCC(NCCCCO)c1c(F)cccc1Cl. The summed E-state index contributed by atoms with van der Waals surface area (Å²) in [5.74, 6) is -0.345. The van der Waals surface area contributed by atoms with E-state index in [9.17, 15) is 4.39 Å². The molecule has 0 aliphatic rings. The number of aliphatic hydroxyl groups excluding tert-OH is 1. The number of unbranched alkanes of at least 4 members (excludes halogenated alkanes) is 1. The van der Waals surface area contributed by atoms with Gasteiger partial charge in [0.2, 0.25) is 0 Å². The molecular formula is C12H18ClFN2O. The third-order valence-electron chi connectivity index (χ3n) is 2.56. The number of nitrogens with two attached hydrogens (primary N) is 1. The molecular weight excluding hydrogens is 243 g/mol. The molecule has 17 heavy (non-hydrogen) atoms. The smallest absolute Gasteiger partial charge is 0.129 e. The fourth-order valence-corrected chi connectivity index (χ4v) is 1.95. The molecule has 0 aliphatic carbocycles. The molecule has 0 aromatic heterocycles. The Balaban J connectivity index is 2.66. The summed E-state index contributed by atoms with van der Waals surface area (Å²) in [4.78, 5) is 0. The van der Waals surface area contributed by atoms with Crippen LogP contribution < -0.4 is 11.1 Å². The van der Waals surface area contributed by atoms with Gasteiger partial charge in [0.15, 0.2) is 0 Å². The lowest BCUT2D eigenvalue weighted by molar-refractivity contribution is 0.282. The fraction of sp³-hybridized carbons (Fsp3) is 0.500. The average Bonchev–Trinajstić information content (AvgIpc) is 2.31. The lowest BCUT2D eigenvalue weighted by Crippen LogP contribution is -2.30. The van der Waals surface area contributed by atoms with Crippen LogP contribution in [-0.2, 0) is 0 Å². The molecule has 1 unspecified atom stereocenters. The van der Waals surface area contributed by atoms with Crippen molar-refractivity contribution in [1.29, 1.82) is 0 Å². The standard InChI is InChI=1S/C12H18ClFN2O/c13-9-4-3-5-10(14)12(9)11(8-15)16-6-1-2-7-17/h3-5,11,16-17H,1-2,6-8,15H2. The average molecular weight is 261 g/mol. The van der Waals surface area contributed by atoms with Gasteiger partial charge in [-0.2, -0.15) is 0 Å². The molecule has 1 atom stereocenters. The molecule has 0 amide bonds. The highest BCUT2D eigenvalue weighted by atomic mass is 35.5. The van der Waals surface area contributed by atoms with Gasteiger partial charge in [-0.1, -0.05) is 17.7 Å². The van der Waals surface area contributed by atoms with Gasteiger partial charge in [-0.3, -0.25) is 0 Å². The second-order valence-electron chi connectivity index (χ2n) is 3.81. The Morgan fingerprint density at radius 1 is 1.41 bits per heavy atom. The van der Waals surface area contributed by atoms with Crippen molar-refractivity contribution in [2.75, 3.05) is 19.7 Å². The Kier molecular flexibility index (Phi) is 6.44. The van der Waals surface area contributed by atoms with E-state index in [1.54, 1.807) is 12.1 Å². The molecule has 0 spiro atoms. The number of hydrogen-bond acceptors (Lipinski definition) is 3. The number of nitrogens with one attached hydrogen (secondary N) is 1. The van der Waals surface area contributed by atoms with E-state index in [4.69, 9.17) is 22.4 Å². The van der Waals surface area contributed by atoms with Gasteiger partial charge in [-0.15, -0.1) is 0 Å². The lowest BCUT2D eigenvalue weighted by Gasteiger charge is -2.19. The Morgan fingerprint density at radius 2 is 2.18 bits per heavy atom. The molecule has 0 bridgehead atoms. The van der Waals surface area contributed by atoms with Crippen LogP contribution in [0.25, 0.3) is 0 Å². The van der Waals surface area contributed by atoms with Crippen molar-refractivity contribution >= 4 is 11.6 Å². The topological polar surface area (TPSA) is 58.3 Å². The van der Waals surface area contributed by atoms with Crippen LogP contribution >= 0.6 is 11.6 Å². The fourth-order valence-electron chi connectivity index (χ4n) is 1.66. The molecule has 5 heteroatoms. The van der Waals surface area contributed by atoms with Crippen LogP contribution in [0.1, 0.15) is 24.4 Å². The van der Waals surface area contributed by atoms with Crippen molar-refractivity contribution in [3.8, 4) is 0 Å². The summed E-state index contributed by atoms with van der Waals surface area (Å²) in [6.07, 6.45) is 1.54. The first-order valence-electron chi connectivity index (χ1n) is 5.69. The van der Waals surface area contributed by atoms with E-state index < -0.39 is 0 Å². The molecule has 0 saturated heterocycles. The molecule has 0 radical (unpaired) electrons. The van der Waals surface area contributed by atoms with Gasteiger partial charge < -0.3 is 16.2 Å². The second kappa shape index (κ2) is 7.61. The van der Waals surface area contributed by atoms with Crippen LogP contribution in [0, 0.1) is 5.82 Å². The van der Waals surface area contributed by atoms with Gasteiger partial charge in [-0.05, 0) is 31.5 Å². The highest BCUT2D eigenvalue weighted by Gasteiger charge is 2.16. The first-order chi connectivity index (χ1) is 8.20. The zero-order chi connectivity index (χ0) is 12.7. The third kappa shape index (κ3) is 4.24. The highest BCUT2D eigenvalue weighted by molar-refractivity contribution is 6.31. The Labute approximate surface area is 106 Å². The number of benzene rings is 1. The van der Waals surface area contributed by atoms with Gasteiger partial charge in [0.25, 0.3) is 0 Å². The number of hydrogen-bond donors (Lipinski definition) is 3. The summed E-state index contributed by atoms with van der Waals surface area (Å²) < 4.78 is 13.6. The van der Waals surface area contributed by atoms with Crippen LogP contribution in [0.5, 0.6) is 0 Å². The van der Waals surface area contributed by atoms with Crippen LogP contribution in [0.3, 0.4) is 0 Å². The predicted molar refractivity (Wildman–Crippen MR) is 67.5 cm³/mol. The van der Waals surface area contributed by atoms with Crippen molar-refractivity contribution in [2.45, 2.75) is 18.9 Å². The van der Waals surface area contributed by atoms with Crippen LogP contribution in [0.4, 0.5) is 4.39 Å². The molecule has 4 N–H and O–H groups in total. The Hall–Kier alpha value is -0.680. The minimum atomic E-state index is -0.345. The minimum Gasteiger partial charge on any atom is -0.396 e. The van der Waals surface area contributed by atoms with Gasteiger partial charge in [0.1, 0.15) is 5.82 Å². The highest BCUT2D eigenvalue weighted by Crippen LogP contribution is 2.25. The van der Waals surface area contributed by atoms with Crippen molar-refractivity contribution in [3.05, 3.63) is 34.6 Å². The Bertz CT molecular complexity index is 329. The Morgan fingerprint density at radius 3 is 2.76 bits per heavy atom. The molecule has 3 nitrogen and oxygen atoms in total. The maximum absolute atomic E-state index is 13.6. The van der Waals surface area contributed by atoms with E-state index in [2.05, 4.69) is 5.32 Å². The van der Waals surface area contributed by atoms with E-state index in [0.29, 0.717) is 17.1 Å². The van der Waals surface area contributed by atoms with E-state index in [1.807, 2.05) is 0 Å². The quantitative estimate of drug-likeness (QED) is 0.656. The summed E-state index contributed by atoms with van der Waals surface area (Å²) in [5, 5.41) is 12.2. The summed E-state index contributed by atoms with van der Waals surface area (Å²) in [5.41, 5.74) is 6.04. The maximum Gasteiger partial charge on any atom is 0.129 e. The number of rotatable bonds is 7. The van der Waals surface area contributed by atoms with Crippen LogP contribution in [-0.4, -0.2) is 24.8 Å². The van der Waals surface area contributed by atoms with E-state index in [1.165, 1.54) is 6.07 Å². The molecule has 0 aliphatic heterocycles. The van der Waals surface area contributed by atoms with Gasteiger partial charge in [0.05, 0.1) is 0 Å². The van der Waals surface area contributed by atoms with Crippen LogP contribution in [0.15, 0.2) is 18.2 Å². The van der Waals surface area contributed by atoms with Crippen LogP contribution in [0.2, 0.25) is 5.02 Å². The number of aliphatic hydroxyl groups is 1. The molecule has 0 fully saturated rings. The lowest BCUT2D eigenvalue weighted by atomic mass is 10.1. The summed E-state index contributed by atoms with van der Waals surface area (Å²) >= 11 is 5.97. The third-order valence-corrected chi connectivity index (χ3v) is 2.89. The van der Waals surface area contributed by atoms with Crippen molar-refractivity contribution in [2.24, 2.45) is 5.73 Å². The summed E-state index contributed by atoms with van der Waals surface area (Å²) in [7, 11) is 0. The maximum atomic E-state index is 13.6. The normalized spacial score (nSPS) is 12.7. The number of halogens is 2. The van der Waals surface area contributed by atoms with Crippen molar-refractivity contribution < 1.29 is 9.50 Å². The first kappa shape index (κ1) is 14.4. The molecule has 1 aromatic carbocycles. The predicted octanol–water partition coefficient (Wildman–Crippen LogP) is 1.84. The summed E-state index contributed by atoms with van der Waals surface area (Å²) in [6.45, 7) is 1.11.